The summed E-state index contributed by atoms with van der Waals surface area (Å²) in [5, 5.41) is 0. The first-order valence-corrected chi connectivity index (χ1v) is 9.09. The van der Waals surface area contributed by atoms with Gasteiger partial charge in [0.05, 0.1) is 6.04 Å². The molecular weight excluding hydrogens is 344 g/mol. The molecule has 6 nitrogen and oxygen atoms in total. The quantitative estimate of drug-likeness (QED) is 0.819. The van der Waals surface area contributed by atoms with E-state index in [0.29, 0.717) is 18.0 Å². The zero-order chi connectivity index (χ0) is 19.0. The molecule has 0 bridgehead atoms. The molecule has 27 heavy (non-hydrogen) atoms. The zero-order valence-corrected chi connectivity index (χ0v) is 15.4. The number of carbonyl (C=O) groups excluding carboxylic acids is 2. The van der Waals surface area contributed by atoms with Crippen molar-refractivity contribution in [1.29, 1.82) is 0 Å². The second-order valence-corrected chi connectivity index (χ2v) is 6.98. The zero-order valence-electron chi connectivity index (χ0n) is 15.4. The van der Waals surface area contributed by atoms with Gasteiger partial charge in [-0.05, 0) is 37.6 Å². The normalized spacial score (nSPS) is 21.9. The number of anilines is 1. The summed E-state index contributed by atoms with van der Waals surface area (Å²) in [5.41, 5.74) is 1.94. The van der Waals surface area contributed by atoms with Gasteiger partial charge >= 0.3 is 0 Å². The molecule has 2 aromatic carbocycles. The number of rotatable bonds is 2. The lowest BCUT2D eigenvalue weighted by atomic mass is 10.1. The highest BCUT2D eigenvalue weighted by Crippen LogP contribution is 2.32. The van der Waals surface area contributed by atoms with Gasteiger partial charge in [0.2, 0.25) is 12.0 Å². The second kappa shape index (κ2) is 6.95. The molecule has 0 unspecified atom stereocenters. The van der Waals surface area contributed by atoms with Crippen LogP contribution >= 0.6 is 0 Å². The van der Waals surface area contributed by atoms with E-state index in [2.05, 4.69) is 0 Å². The summed E-state index contributed by atoms with van der Waals surface area (Å²) in [5.74, 6) is 0.887. The third kappa shape index (κ3) is 3.23. The molecule has 0 aliphatic carbocycles. The van der Waals surface area contributed by atoms with E-state index < -0.39 is 6.10 Å². The number of nitrogens with zero attached hydrogens (tertiary/aromatic N) is 2. The number of para-hydroxylation sites is 3. The van der Waals surface area contributed by atoms with E-state index in [1.807, 2.05) is 56.3 Å². The van der Waals surface area contributed by atoms with Crippen molar-refractivity contribution in [1.82, 2.24) is 4.90 Å². The summed E-state index contributed by atoms with van der Waals surface area (Å²) in [4.78, 5) is 29.1. The Morgan fingerprint density at radius 1 is 1.07 bits per heavy atom. The summed E-state index contributed by atoms with van der Waals surface area (Å²) in [7, 11) is 0. The number of benzene rings is 2. The highest BCUT2D eigenvalue weighted by Gasteiger charge is 2.38. The van der Waals surface area contributed by atoms with Crippen LogP contribution < -0.4 is 14.4 Å². The minimum absolute atomic E-state index is 0.0407. The van der Waals surface area contributed by atoms with Gasteiger partial charge in [0, 0.05) is 12.2 Å². The SMILES string of the molecule is Cc1ccccc1N1C(=O)CN(C(=O)[C@@H]2COc3ccccc3O2)C[C@@H]1C. The van der Waals surface area contributed by atoms with Gasteiger partial charge in [0.15, 0.2) is 11.5 Å². The summed E-state index contributed by atoms with van der Waals surface area (Å²) in [6.07, 6.45) is -0.732. The Morgan fingerprint density at radius 2 is 1.78 bits per heavy atom. The lowest BCUT2D eigenvalue weighted by molar-refractivity contribution is -0.145. The minimum atomic E-state index is -0.732. The fourth-order valence-electron chi connectivity index (χ4n) is 3.67. The predicted molar refractivity (Wildman–Crippen MR) is 101 cm³/mol. The molecule has 2 atom stereocenters. The summed E-state index contributed by atoms with van der Waals surface area (Å²) in [6, 6.07) is 15.0. The molecule has 2 aliphatic rings. The highest BCUT2D eigenvalue weighted by molar-refractivity contribution is 5.99. The number of hydrogen-bond donors (Lipinski definition) is 0. The average molecular weight is 366 g/mol. The molecule has 0 saturated carbocycles. The second-order valence-electron chi connectivity index (χ2n) is 6.98. The van der Waals surface area contributed by atoms with Gasteiger partial charge < -0.3 is 19.3 Å². The fraction of sp³-hybridized carbons (Fsp3) is 0.333. The Balaban J connectivity index is 1.48. The van der Waals surface area contributed by atoms with E-state index in [1.165, 1.54) is 0 Å². The molecule has 2 aliphatic heterocycles. The monoisotopic (exact) mass is 366 g/mol. The molecule has 6 heteroatoms. The van der Waals surface area contributed by atoms with Crippen molar-refractivity contribution in [2.24, 2.45) is 0 Å². The van der Waals surface area contributed by atoms with E-state index in [4.69, 9.17) is 9.47 Å². The van der Waals surface area contributed by atoms with Crippen LogP contribution in [0.5, 0.6) is 11.5 Å². The molecule has 4 rings (SSSR count). The predicted octanol–water partition coefficient (Wildman–Crippen LogP) is 2.40. The molecule has 1 fully saturated rings. The largest absolute Gasteiger partial charge is 0.485 e. The Bertz CT molecular complexity index is 882. The molecule has 0 aromatic heterocycles. The lowest BCUT2D eigenvalue weighted by Crippen LogP contribution is -2.60. The summed E-state index contributed by atoms with van der Waals surface area (Å²) >= 11 is 0. The van der Waals surface area contributed by atoms with Gasteiger partial charge in [-0.25, -0.2) is 0 Å². The Kier molecular flexibility index (Phi) is 4.48. The molecule has 2 amide bonds. The van der Waals surface area contributed by atoms with Gasteiger partial charge in [-0.2, -0.15) is 0 Å². The van der Waals surface area contributed by atoms with E-state index >= 15 is 0 Å². The molecular formula is C21H22N2O4. The van der Waals surface area contributed by atoms with Crippen LogP contribution in [-0.4, -0.2) is 48.6 Å². The third-order valence-corrected chi connectivity index (χ3v) is 4.99. The van der Waals surface area contributed by atoms with E-state index in [9.17, 15) is 9.59 Å². The van der Waals surface area contributed by atoms with Gasteiger partial charge in [-0.1, -0.05) is 30.3 Å². The number of hydrogen-bond acceptors (Lipinski definition) is 4. The van der Waals surface area contributed by atoms with Crippen molar-refractivity contribution >= 4 is 17.5 Å². The maximum Gasteiger partial charge on any atom is 0.267 e. The first-order chi connectivity index (χ1) is 13.0. The maximum atomic E-state index is 12.9. The molecule has 2 heterocycles. The number of fused-ring (bicyclic) bond motifs is 1. The summed E-state index contributed by atoms with van der Waals surface area (Å²) < 4.78 is 11.4. The molecule has 0 spiro atoms. The third-order valence-electron chi connectivity index (χ3n) is 4.99. The average Bonchev–Trinajstić information content (AvgIpc) is 2.68. The van der Waals surface area contributed by atoms with Crippen LogP contribution in [0.1, 0.15) is 12.5 Å². The van der Waals surface area contributed by atoms with E-state index in [0.717, 1.165) is 11.3 Å². The van der Waals surface area contributed by atoms with Crippen LogP contribution in [0.2, 0.25) is 0 Å². The van der Waals surface area contributed by atoms with Crippen molar-refractivity contribution < 1.29 is 19.1 Å². The first kappa shape index (κ1) is 17.4. The lowest BCUT2D eigenvalue weighted by Gasteiger charge is -2.41. The molecule has 1 saturated heterocycles. The number of aryl methyl sites for hydroxylation is 1. The van der Waals surface area contributed by atoms with E-state index in [1.54, 1.807) is 15.9 Å². The van der Waals surface area contributed by atoms with Gasteiger partial charge in [-0.3, -0.25) is 9.59 Å². The van der Waals surface area contributed by atoms with Crippen LogP contribution in [-0.2, 0) is 9.59 Å². The minimum Gasteiger partial charge on any atom is -0.485 e. The van der Waals surface area contributed by atoms with Crippen molar-refractivity contribution in [2.75, 3.05) is 24.6 Å². The maximum absolute atomic E-state index is 12.9. The first-order valence-electron chi connectivity index (χ1n) is 9.09. The van der Waals surface area contributed by atoms with Crippen molar-refractivity contribution in [3.8, 4) is 11.5 Å². The smallest absolute Gasteiger partial charge is 0.267 e. The van der Waals surface area contributed by atoms with Gasteiger partial charge in [0.25, 0.3) is 5.91 Å². The topological polar surface area (TPSA) is 59.1 Å². The van der Waals surface area contributed by atoms with Crippen LogP contribution in [0.4, 0.5) is 5.69 Å². The van der Waals surface area contributed by atoms with Crippen molar-refractivity contribution in [3.05, 3.63) is 54.1 Å². The molecule has 0 N–H and O–H groups in total. The highest BCUT2D eigenvalue weighted by atomic mass is 16.6. The van der Waals surface area contributed by atoms with Gasteiger partial charge in [0.1, 0.15) is 13.2 Å². The number of amides is 2. The van der Waals surface area contributed by atoms with Gasteiger partial charge in [-0.15, -0.1) is 0 Å². The van der Waals surface area contributed by atoms with Crippen molar-refractivity contribution in [2.45, 2.75) is 26.0 Å². The Hall–Kier alpha value is -3.02. The molecule has 0 radical (unpaired) electrons. The van der Waals surface area contributed by atoms with Crippen molar-refractivity contribution in [3.63, 3.8) is 0 Å². The van der Waals surface area contributed by atoms with Crippen LogP contribution in [0.15, 0.2) is 48.5 Å². The molecule has 2 aromatic rings. The van der Waals surface area contributed by atoms with Crippen LogP contribution in [0, 0.1) is 6.92 Å². The number of carbonyl (C=O) groups is 2. The fourth-order valence-corrected chi connectivity index (χ4v) is 3.67. The Morgan fingerprint density at radius 3 is 2.52 bits per heavy atom. The van der Waals surface area contributed by atoms with Crippen LogP contribution in [0.3, 0.4) is 0 Å². The van der Waals surface area contributed by atoms with E-state index in [-0.39, 0.29) is 31.0 Å². The Labute approximate surface area is 158 Å². The number of piperazine rings is 1. The number of ether oxygens (including phenoxy) is 2. The summed E-state index contributed by atoms with van der Waals surface area (Å²) in [6.45, 7) is 4.59. The molecule has 140 valence electrons. The van der Waals surface area contributed by atoms with Crippen LogP contribution in [0.25, 0.3) is 0 Å². The standard InChI is InChI=1S/C21H22N2O4/c1-14-7-3-4-8-16(14)23-15(2)11-22(12-20(23)24)21(25)19-13-26-17-9-5-6-10-18(17)27-19/h3-10,15,19H,11-13H2,1-2H3/t15-,19-/m0/s1.